The first-order chi connectivity index (χ1) is 13.5. The molecule has 0 aliphatic heterocycles. The predicted molar refractivity (Wildman–Crippen MR) is 109 cm³/mol. The third-order valence-electron chi connectivity index (χ3n) is 4.08. The summed E-state index contributed by atoms with van der Waals surface area (Å²) in [5.41, 5.74) is 1.36. The van der Waals surface area contributed by atoms with Crippen LogP contribution in [0.25, 0.3) is 6.08 Å². The molecule has 6 heteroatoms. The number of benzene rings is 2. The van der Waals surface area contributed by atoms with Crippen molar-refractivity contribution in [3.05, 3.63) is 99.6 Å². The van der Waals surface area contributed by atoms with Crippen molar-refractivity contribution in [1.29, 1.82) is 0 Å². The topological polar surface area (TPSA) is 58.2 Å². The molecule has 1 aromatic heterocycles. The molecule has 2 amide bonds. The Morgan fingerprint density at radius 2 is 1.71 bits per heavy atom. The van der Waals surface area contributed by atoms with E-state index in [1.54, 1.807) is 49.4 Å². The summed E-state index contributed by atoms with van der Waals surface area (Å²) in [5, 5.41) is 7.43. The largest absolute Gasteiger partial charge is 0.344 e. The number of thiophene rings is 1. The Balaban J connectivity index is 1.79. The van der Waals surface area contributed by atoms with Gasteiger partial charge >= 0.3 is 0 Å². The van der Waals surface area contributed by atoms with E-state index in [-0.39, 0.29) is 23.5 Å². The molecule has 0 saturated heterocycles. The molecule has 0 spiro atoms. The number of rotatable bonds is 6. The van der Waals surface area contributed by atoms with Gasteiger partial charge in [0.25, 0.3) is 11.8 Å². The average Bonchev–Trinajstić information content (AvgIpc) is 3.21. The van der Waals surface area contributed by atoms with Crippen molar-refractivity contribution in [2.75, 3.05) is 0 Å². The van der Waals surface area contributed by atoms with Crippen molar-refractivity contribution < 1.29 is 14.0 Å². The van der Waals surface area contributed by atoms with Crippen molar-refractivity contribution >= 4 is 29.2 Å². The summed E-state index contributed by atoms with van der Waals surface area (Å²) in [7, 11) is 0. The van der Waals surface area contributed by atoms with Crippen LogP contribution in [0.4, 0.5) is 4.39 Å². The van der Waals surface area contributed by atoms with Gasteiger partial charge in [-0.3, -0.25) is 9.59 Å². The lowest BCUT2D eigenvalue weighted by atomic mass is 10.1. The van der Waals surface area contributed by atoms with Gasteiger partial charge in [-0.05, 0) is 54.3 Å². The molecular formula is C22H19FN2O2S. The first-order valence-corrected chi connectivity index (χ1v) is 9.59. The Kier molecular flexibility index (Phi) is 6.34. The third-order valence-corrected chi connectivity index (χ3v) is 4.90. The van der Waals surface area contributed by atoms with E-state index in [0.29, 0.717) is 5.56 Å². The molecule has 0 aliphatic carbocycles. The molecule has 0 radical (unpaired) electrons. The molecule has 0 fully saturated rings. The van der Waals surface area contributed by atoms with Crippen LogP contribution < -0.4 is 10.6 Å². The lowest BCUT2D eigenvalue weighted by Gasteiger charge is -2.16. The summed E-state index contributed by atoms with van der Waals surface area (Å²) < 4.78 is 13.1. The van der Waals surface area contributed by atoms with Crippen molar-refractivity contribution in [2.45, 2.75) is 13.0 Å². The second-order valence-electron chi connectivity index (χ2n) is 6.14. The molecule has 2 aromatic carbocycles. The van der Waals surface area contributed by atoms with Gasteiger partial charge in [-0.25, -0.2) is 4.39 Å². The summed E-state index contributed by atoms with van der Waals surface area (Å²) in [5.74, 6) is -1.13. The minimum Gasteiger partial charge on any atom is -0.344 e. The van der Waals surface area contributed by atoms with Gasteiger partial charge in [-0.2, -0.15) is 0 Å². The third kappa shape index (κ3) is 5.14. The zero-order valence-corrected chi connectivity index (χ0v) is 16.0. The smallest absolute Gasteiger partial charge is 0.268 e. The second-order valence-corrected chi connectivity index (χ2v) is 7.12. The first-order valence-electron chi connectivity index (χ1n) is 8.71. The summed E-state index contributed by atoms with van der Waals surface area (Å²) in [6.45, 7) is 1.80. The number of amides is 2. The number of hydrogen-bond donors (Lipinski definition) is 2. The normalized spacial score (nSPS) is 12.3. The highest BCUT2D eigenvalue weighted by atomic mass is 32.1. The zero-order valence-electron chi connectivity index (χ0n) is 15.2. The van der Waals surface area contributed by atoms with Gasteiger partial charge in [0.15, 0.2) is 0 Å². The molecule has 1 atom stereocenters. The maximum atomic E-state index is 13.1. The summed E-state index contributed by atoms with van der Waals surface area (Å²) in [4.78, 5) is 26.2. The standard InChI is InChI=1S/C22H19FN2O2S/c1-15(16-9-11-18(23)12-10-16)24-22(27)20(14-19-8-5-13-28-19)25-21(26)17-6-3-2-4-7-17/h2-15H,1H3,(H,24,27)(H,25,26)/b20-14-. The van der Waals surface area contributed by atoms with Gasteiger partial charge in [-0.15, -0.1) is 11.3 Å². The molecule has 1 unspecified atom stereocenters. The number of nitrogens with one attached hydrogen (secondary N) is 2. The fourth-order valence-corrected chi connectivity index (χ4v) is 3.22. The van der Waals surface area contributed by atoms with Gasteiger partial charge in [-0.1, -0.05) is 36.4 Å². The Labute approximate surface area is 166 Å². The molecule has 0 bridgehead atoms. The van der Waals surface area contributed by atoms with E-state index in [2.05, 4.69) is 10.6 Å². The summed E-state index contributed by atoms with van der Waals surface area (Å²) in [6.07, 6.45) is 1.64. The maximum Gasteiger partial charge on any atom is 0.268 e. The van der Waals surface area contributed by atoms with Crippen LogP contribution in [0.1, 0.15) is 33.8 Å². The highest BCUT2D eigenvalue weighted by molar-refractivity contribution is 7.10. The molecule has 0 aliphatic rings. The van der Waals surface area contributed by atoms with Gasteiger partial charge in [0.05, 0.1) is 6.04 Å². The van der Waals surface area contributed by atoms with Crippen molar-refractivity contribution in [2.24, 2.45) is 0 Å². The van der Waals surface area contributed by atoms with Crippen LogP contribution in [-0.4, -0.2) is 11.8 Å². The number of halogens is 1. The summed E-state index contributed by atoms with van der Waals surface area (Å²) in [6, 6.07) is 18.0. The monoisotopic (exact) mass is 394 g/mol. The molecule has 4 nitrogen and oxygen atoms in total. The average molecular weight is 394 g/mol. The first kappa shape index (κ1) is 19.5. The van der Waals surface area contributed by atoms with Crippen LogP contribution in [0.3, 0.4) is 0 Å². The van der Waals surface area contributed by atoms with Crippen LogP contribution in [0.15, 0.2) is 77.8 Å². The molecule has 1 heterocycles. The lowest BCUT2D eigenvalue weighted by Crippen LogP contribution is -2.36. The van der Waals surface area contributed by atoms with E-state index < -0.39 is 5.91 Å². The van der Waals surface area contributed by atoms with Crippen LogP contribution in [0.5, 0.6) is 0 Å². The number of carbonyl (C=O) groups is 2. The van der Waals surface area contributed by atoms with E-state index in [9.17, 15) is 14.0 Å². The Morgan fingerprint density at radius 1 is 1.00 bits per heavy atom. The molecule has 3 aromatic rings. The van der Waals surface area contributed by atoms with Crippen LogP contribution in [0.2, 0.25) is 0 Å². The predicted octanol–water partition coefficient (Wildman–Crippen LogP) is 4.54. The van der Waals surface area contributed by atoms with E-state index in [4.69, 9.17) is 0 Å². The molecule has 28 heavy (non-hydrogen) atoms. The van der Waals surface area contributed by atoms with E-state index in [0.717, 1.165) is 10.4 Å². The summed E-state index contributed by atoms with van der Waals surface area (Å²) >= 11 is 1.46. The van der Waals surface area contributed by atoms with Crippen LogP contribution >= 0.6 is 11.3 Å². The minimum absolute atomic E-state index is 0.144. The van der Waals surface area contributed by atoms with Crippen molar-refractivity contribution in [3.8, 4) is 0 Å². The quantitative estimate of drug-likeness (QED) is 0.603. The number of carbonyl (C=O) groups excluding carboxylic acids is 2. The maximum absolute atomic E-state index is 13.1. The molecule has 2 N–H and O–H groups in total. The van der Waals surface area contributed by atoms with E-state index >= 15 is 0 Å². The molecule has 3 rings (SSSR count). The Morgan fingerprint density at radius 3 is 2.36 bits per heavy atom. The second kappa shape index (κ2) is 9.10. The zero-order chi connectivity index (χ0) is 19.9. The fourth-order valence-electron chi connectivity index (χ4n) is 2.57. The van der Waals surface area contributed by atoms with E-state index in [1.807, 2.05) is 23.6 Å². The van der Waals surface area contributed by atoms with Crippen LogP contribution in [0, 0.1) is 5.82 Å². The molecule has 0 saturated carbocycles. The van der Waals surface area contributed by atoms with Crippen molar-refractivity contribution in [1.82, 2.24) is 10.6 Å². The SMILES string of the molecule is CC(NC(=O)/C(=C/c1cccs1)NC(=O)c1ccccc1)c1ccc(F)cc1. The van der Waals surface area contributed by atoms with Gasteiger partial charge in [0, 0.05) is 10.4 Å². The highest BCUT2D eigenvalue weighted by Crippen LogP contribution is 2.16. The van der Waals surface area contributed by atoms with Crippen molar-refractivity contribution in [3.63, 3.8) is 0 Å². The minimum atomic E-state index is -0.422. The van der Waals surface area contributed by atoms with Gasteiger partial charge in [0.2, 0.25) is 0 Å². The van der Waals surface area contributed by atoms with Crippen LogP contribution in [-0.2, 0) is 4.79 Å². The Hall–Kier alpha value is -3.25. The molecule has 142 valence electrons. The van der Waals surface area contributed by atoms with Gasteiger partial charge < -0.3 is 10.6 Å². The number of hydrogen-bond acceptors (Lipinski definition) is 3. The fraction of sp³-hybridized carbons (Fsp3) is 0.0909. The molecular weight excluding hydrogens is 375 g/mol. The highest BCUT2D eigenvalue weighted by Gasteiger charge is 2.17. The lowest BCUT2D eigenvalue weighted by molar-refractivity contribution is -0.118. The Bertz CT molecular complexity index is 968. The van der Waals surface area contributed by atoms with E-state index in [1.165, 1.54) is 23.5 Å². The van der Waals surface area contributed by atoms with Gasteiger partial charge in [0.1, 0.15) is 11.5 Å².